The third kappa shape index (κ3) is 16.2. The highest BCUT2D eigenvalue weighted by Gasteiger charge is 2.42. The molecule has 2 rings (SSSR count). The number of hydroxylamine groups is 4. The molecule has 0 saturated carbocycles. The third-order valence-electron chi connectivity index (χ3n) is 7.93. The van der Waals surface area contributed by atoms with Gasteiger partial charge in [-0.3, -0.25) is 29.6 Å². The number of esters is 1. The third-order valence-corrected chi connectivity index (χ3v) is 7.93. The topological polar surface area (TPSA) is 260 Å². The van der Waals surface area contributed by atoms with Gasteiger partial charge in [0.05, 0.1) is 20.0 Å². The normalized spacial score (nSPS) is 13.3. The zero-order valence-electron chi connectivity index (χ0n) is 29.7. The number of nitrogens with zero attached hydrogens (tertiary/aromatic N) is 2. The molecule has 1 unspecified atom stereocenters. The minimum Gasteiger partial charge on any atom is -0.480 e. The minimum absolute atomic E-state index is 0.0564. The van der Waals surface area contributed by atoms with E-state index in [0.29, 0.717) is 10.1 Å². The molecule has 7 N–H and O–H groups in total. The molecule has 3 atom stereocenters. The van der Waals surface area contributed by atoms with E-state index in [9.17, 15) is 59.3 Å². The Bertz CT molecular complexity index is 1630. The largest absolute Gasteiger partial charge is 0.480 e. The van der Waals surface area contributed by atoms with E-state index in [-0.39, 0.29) is 51.6 Å². The van der Waals surface area contributed by atoms with Crippen LogP contribution in [0.3, 0.4) is 0 Å². The van der Waals surface area contributed by atoms with Crippen molar-refractivity contribution in [2.24, 2.45) is 0 Å². The number of carbonyl (C=O) groups is 7. The zero-order chi connectivity index (χ0) is 40.1. The first-order chi connectivity index (χ1) is 25.6. The van der Waals surface area contributed by atoms with Crippen molar-refractivity contribution in [2.75, 3.05) is 20.2 Å². The Kier molecular flexibility index (Phi) is 18.8. The van der Waals surface area contributed by atoms with E-state index in [1.54, 1.807) is 54.6 Å². The van der Waals surface area contributed by atoms with E-state index in [1.165, 1.54) is 24.3 Å². The number of amides is 4. The molecular weight excluding hydrogens is 708 g/mol. The van der Waals surface area contributed by atoms with Crippen molar-refractivity contribution < 1.29 is 64.0 Å². The second-order valence-corrected chi connectivity index (χ2v) is 12.2. The minimum atomic E-state index is -2.99. The lowest BCUT2D eigenvalue weighted by atomic mass is 9.94. The molecule has 0 aliphatic rings. The van der Waals surface area contributed by atoms with Gasteiger partial charge in [-0.25, -0.2) is 24.5 Å². The van der Waals surface area contributed by atoms with Gasteiger partial charge in [-0.1, -0.05) is 60.7 Å². The predicted octanol–water partition coefficient (Wildman–Crippen LogP) is 2.01. The zero-order valence-corrected chi connectivity index (χ0v) is 29.7. The Morgan fingerprint density at radius 3 is 1.48 bits per heavy atom. The lowest BCUT2D eigenvalue weighted by molar-refractivity contribution is -0.165. The van der Waals surface area contributed by atoms with Crippen LogP contribution in [0.4, 0.5) is 0 Å². The van der Waals surface area contributed by atoms with Gasteiger partial charge in [0.15, 0.2) is 5.60 Å². The summed E-state index contributed by atoms with van der Waals surface area (Å²) in [6.07, 6.45) is 3.38. The number of carbonyl (C=O) groups excluding carboxylic acids is 5. The molecule has 0 saturated heterocycles. The summed E-state index contributed by atoms with van der Waals surface area (Å²) in [6.45, 7) is -0.262. The van der Waals surface area contributed by atoms with Crippen molar-refractivity contribution in [1.29, 1.82) is 0 Å². The molecule has 0 heterocycles. The number of methoxy groups -OCH3 is 1. The Balaban J connectivity index is 1.85. The van der Waals surface area contributed by atoms with E-state index in [4.69, 9.17) is 4.74 Å². The monoisotopic (exact) mass is 754 g/mol. The maximum absolute atomic E-state index is 12.8. The molecule has 2 aromatic carbocycles. The smallest absolute Gasteiger partial charge is 0.336 e. The maximum Gasteiger partial charge on any atom is 0.336 e. The number of unbranched alkanes of at least 4 members (excludes halogenated alkanes) is 2. The van der Waals surface area contributed by atoms with Crippen molar-refractivity contribution >= 4 is 53.7 Å². The lowest BCUT2D eigenvalue weighted by Crippen LogP contribution is -2.51. The van der Waals surface area contributed by atoms with Crippen molar-refractivity contribution in [3.05, 3.63) is 83.9 Å². The molecule has 4 amide bonds. The van der Waals surface area contributed by atoms with Crippen LogP contribution < -0.4 is 10.6 Å². The number of aliphatic hydroxyl groups is 1. The van der Waals surface area contributed by atoms with Crippen molar-refractivity contribution in [3.8, 4) is 0 Å². The summed E-state index contributed by atoms with van der Waals surface area (Å²) in [6, 6.07) is 14.9. The van der Waals surface area contributed by atoms with E-state index in [0.717, 1.165) is 18.2 Å². The van der Waals surface area contributed by atoms with E-state index in [1.807, 2.05) is 6.07 Å². The van der Waals surface area contributed by atoms with Gasteiger partial charge in [0, 0.05) is 25.2 Å². The van der Waals surface area contributed by atoms with Gasteiger partial charge in [-0.05, 0) is 61.8 Å². The van der Waals surface area contributed by atoms with Crippen LogP contribution in [0.25, 0.3) is 12.2 Å². The first kappa shape index (κ1) is 44.3. The predicted molar refractivity (Wildman–Crippen MR) is 191 cm³/mol. The Hall–Kier alpha value is -5.91. The fraction of sp³-hybridized carbons (Fsp3) is 0.378. The van der Waals surface area contributed by atoms with Gasteiger partial charge in [0.25, 0.3) is 11.8 Å². The summed E-state index contributed by atoms with van der Waals surface area (Å²) in [5, 5.41) is 55.3. The Morgan fingerprint density at radius 2 is 1.09 bits per heavy atom. The van der Waals surface area contributed by atoms with Crippen LogP contribution in [0.2, 0.25) is 0 Å². The summed E-state index contributed by atoms with van der Waals surface area (Å²) in [7, 11) is 1.05. The molecule has 17 heteroatoms. The quantitative estimate of drug-likeness (QED) is 0.0282. The van der Waals surface area contributed by atoms with Crippen LogP contribution in [-0.2, 0) is 38.3 Å². The molecule has 0 radical (unpaired) electrons. The van der Waals surface area contributed by atoms with Gasteiger partial charge >= 0.3 is 17.9 Å². The molecule has 0 bridgehead atoms. The van der Waals surface area contributed by atoms with Gasteiger partial charge < -0.3 is 30.7 Å². The van der Waals surface area contributed by atoms with Crippen LogP contribution >= 0.6 is 0 Å². The first-order valence-electron chi connectivity index (χ1n) is 17.0. The highest BCUT2D eigenvalue weighted by molar-refractivity contribution is 5.94. The van der Waals surface area contributed by atoms with Gasteiger partial charge in [0.1, 0.15) is 12.1 Å². The molecule has 0 fully saturated rings. The lowest BCUT2D eigenvalue weighted by Gasteiger charge is -2.25. The van der Waals surface area contributed by atoms with E-state index in [2.05, 4.69) is 10.6 Å². The van der Waals surface area contributed by atoms with Gasteiger partial charge in [-0.2, -0.15) is 0 Å². The average Bonchev–Trinajstić information content (AvgIpc) is 3.15. The van der Waals surface area contributed by atoms with Gasteiger partial charge in [0.2, 0.25) is 11.8 Å². The average molecular weight is 755 g/mol. The number of nitrogens with one attached hydrogen (secondary N) is 2. The summed E-state index contributed by atoms with van der Waals surface area (Å²) >= 11 is 0. The number of hydrogen-bond acceptors (Lipinski definition) is 11. The van der Waals surface area contributed by atoms with Crippen LogP contribution in [0.5, 0.6) is 0 Å². The van der Waals surface area contributed by atoms with Crippen molar-refractivity contribution in [2.45, 2.75) is 69.1 Å². The number of carboxylic acids is 2. The molecule has 0 aromatic heterocycles. The van der Waals surface area contributed by atoms with Crippen molar-refractivity contribution in [3.63, 3.8) is 0 Å². The van der Waals surface area contributed by atoms with Crippen LogP contribution in [0.15, 0.2) is 72.8 Å². The number of ether oxygens (including phenoxy) is 1. The molecule has 2 aromatic rings. The second-order valence-electron chi connectivity index (χ2n) is 12.2. The highest BCUT2D eigenvalue weighted by atomic mass is 16.5. The van der Waals surface area contributed by atoms with Crippen LogP contribution in [0.1, 0.15) is 62.5 Å². The fourth-order valence-corrected chi connectivity index (χ4v) is 4.96. The fourth-order valence-electron chi connectivity index (χ4n) is 4.96. The molecule has 0 spiro atoms. The van der Waals surface area contributed by atoms with E-state index >= 15 is 0 Å². The molecule has 0 aliphatic heterocycles. The van der Waals surface area contributed by atoms with Crippen LogP contribution in [-0.4, -0.2) is 115 Å². The molecular formula is C37H46N4O13. The number of benzene rings is 2. The summed E-state index contributed by atoms with van der Waals surface area (Å²) in [5.41, 5.74) is -1.51. The molecule has 54 heavy (non-hydrogen) atoms. The summed E-state index contributed by atoms with van der Waals surface area (Å²) in [5.74, 6) is -8.05. The number of rotatable bonds is 23. The Labute approximate surface area is 311 Å². The standard InChI is InChI=1S/C37H46N4O13/c1-54-35(48)29(17-9-11-23-41(53)33(45)21-19-27-14-6-3-7-15-27)39-31(43)25-37(51,36(49)50)24-30(42)38-28(34(46)47)16-8-10-22-40(52)32(44)20-18-26-12-4-2-5-13-26/h2-7,12-15,18-21,28-29,51-53H,8-11,16-17,22-25H2,1H3,(H,38,42)(H,39,43)(H,46,47)(H,49,50)/b20-18+,21-19+/t28-,29-,37?/m0/s1. The first-order valence-corrected chi connectivity index (χ1v) is 17.0. The number of aliphatic carboxylic acids is 2. The highest BCUT2D eigenvalue weighted by Crippen LogP contribution is 2.18. The van der Waals surface area contributed by atoms with Gasteiger partial charge in [-0.15, -0.1) is 0 Å². The second kappa shape index (κ2) is 22.9. The molecule has 292 valence electrons. The summed E-state index contributed by atoms with van der Waals surface area (Å²) < 4.78 is 4.69. The maximum atomic E-state index is 12.8. The summed E-state index contributed by atoms with van der Waals surface area (Å²) in [4.78, 5) is 85.8. The van der Waals surface area contributed by atoms with E-state index < -0.39 is 72.1 Å². The Morgan fingerprint density at radius 1 is 0.685 bits per heavy atom. The molecule has 17 nitrogen and oxygen atoms in total. The molecule has 0 aliphatic carbocycles. The van der Waals surface area contributed by atoms with Crippen LogP contribution in [0, 0.1) is 0 Å². The van der Waals surface area contributed by atoms with Crippen molar-refractivity contribution in [1.82, 2.24) is 20.8 Å². The number of carboxylic acid groups (broad SMARTS) is 2. The SMILES string of the molecule is COC(=O)[C@H](CCCCN(O)C(=O)/C=C/c1ccccc1)NC(=O)CC(O)(CC(=O)N[C@@H](CCCCN(O)C(=O)/C=C/c1ccccc1)C(=O)O)C(=O)O. The number of hydrogen-bond donors (Lipinski definition) is 7.